The van der Waals surface area contributed by atoms with Crippen LogP contribution in [0.2, 0.25) is 0 Å². The molecule has 3 nitrogen and oxygen atoms in total. The SMILES string of the molecule is CC(C)(C)[N]=[Mo]=[CH]C(C)(C)c1ccccc1.Cc1cc(C)c(-c2cc([P+](c3ccccc3)(c3ccccc3)c3ccccc3)cc(-c3c(C)cc(C)cc3C)c2O)c(C)c1.Cc1ccc(C)[n-]1. The summed E-state index contributed by atoms with van der Waals surface area (Å²) in [6.45, 7) is 28.0. The van der Waals surface area contributed by atoms with E-state index in [9.17, 15) is 5.11 Å². The molecule has 5 heteroatoms. The minimum absolute atomic E-state index is 0.117. The summed E-state index contributed by atoms with van der Waals surface area (Å²) in [5.74, 6) is 0.339. The Morgan fingerprint density at radius 2 is 0.806 bits per heavy atom. The van der Waals surface area contributed by atoms with Gasteiger partial charge in [-0.15, -0.1) is 0 Å². The largest absolute Gasteiger partial charge is 0.665 e. The fourth-order valence-electron chi connectivity index (χ4n) is 9.10. The summed E-state index contributed by atoms with van der Waals surface area (Å²) in [4.78, 5) is 4.11. The van der Waals surface area contributed by atoms with Gasteiger partial charge in [0.2, 0.25) is 0 Å². The zero-order chi connectivity index (χ0) is 48.5. The van der Waals surface area contributed by atoms with Crippen LogP contribution in [-0.2, 0) is 23.3 Å². The molecular weight excluding hydrogens is 916 g/mol. The smallest absolute Gasteiger partial charge is 0.144 e. The van der Waals surface area contributed by atoms with E-state index in [1.807, 2.05) is 26.0 Å². The maximum absolute atomic E-state index is 12.3. The van der Waals surface area contributed by atoms with Gasteiger partial charge in [0.05, 0.1) is 0 Å². The van der Waals surface area contributed by atoms with Crippen molar-refractivity contribution >= 4 is 32.9 Å². The van der Waals surface area contributed by atoms with Gasteiger partial charge in [-0.2, -0.15) is 11.4 Å². The summed E-state index contributed by atoms with van der Waals surface area (Å²) in [6.07, 6.45) is 0. The number of aryl methyl sites for hydroxylation is 8. The first kappa shape index (κ1) is 50.8. The van der Waals surface area contributed by atoms with Crippen LogP contribution in [0.4, 0.5) is 0 Å². The third-order valence-corrected chi connectivity index (χ3v) is 19.5. The third kappa shape index (κ3) is 12.3. The minimum atomic E-state index is -2.41. The number of aromatic nitrogens is 1. The molecule has 0 amide bonds. The molecule has 0 aliphatic carbocycles. The van der Waals surface area contributed by atoms with Crippen LogP contribution in [0.15, 0.2) is 173 Å². The molecule has 7 aromatic carbocycles. The Labute approximate surface area is 411 Å². The molecule has 0 radical (unpaired) electrons. The van der Waals surface area contributed by atoms with Gasteiger partial charge in [-0.3, -0.25) is 0 Å². The van der Waals surface area contributed by atoms with E-state index in [0.717, 1.165) is 33.6 Å². The molecule has 0 unspecified atom stereocenters. The maximum atomic E-state index is 12.3. The van der Waals surface area contributed by atoms with E-state index in [4.69, 9.17) is 3.50 Å². The van der Waals surface area contributed by atoms with Gasteiger partial charge in [0.1, 0.15) is 34.2 Å². The van der Waals surface area contributed by atoms with Crippen molar-refractivity contribution in [1.82, 2.24) is 4.98 Å². The second-order valence-electron chi connectivity index (χ2n) is 19.4. The van der Waals surface area contributed by atoms with E-state index in [2.05, 4.69) is 243 Å². The molecule has 0 saturated heterocycles. The van der Waals surface area contributed by atoms with Gasteiger partial charge in [-0.25, -0.2) is 0 Å². The topological polar surface area (TPSA) is 46.7 Å². The summed E-state index contributed by atoms with van der Waals surface area (Å²) in [5, 5.41) is 17.4. The van der Waals surface area contributed by atoms with Gasteiger partial charge in [0.25, 0.3) is 0 Å². The van der Waals surface area contributed by atoms with Crippen LogP contribution < -0.4 is 26.2 Å². The van der Waals surface area contributed by atoms with Crippen molar-refractivity contribution in [3.63, 3.8) is 0 Å². The van der Waals surface area contributed by atoms with Crippen LogP contribution in [0.1, 0.15) is 85.0 Å². The van der Waals surface area contributed by atoms with Gasteiger partial charge in [-0.1, -0.05) is 116 Å². The van der Waals surface area contributed by atoms with E-state index in [-0.39, 0.29) is 28.9 Å². The van der Waals surface area contributed by atoms with E-state index in [1.54, 1.807) is 0 Å². The van der Waals surface area contributed by atoms with Crippen molar-refractivity contribution in [1.29, 1.82) is 0 Å². The molecule has 1 N–H and O–H groups in total. The fourth-order valence-corrected chi connectivity index (χ4v) is 15.3. The number of phenolic OH excluding ortho intramolecular Hbond substituents is 1. The summed E-state index contributed by atoms with van der Waals surface area (Å²) in [5.41, 5.74) is 15.0. The van der Waals surface area contributed by atoms with Crippen LogP contribution >= 0.6 is 7.26 Å². The molecule has 0 spiro atoms. The predicted octanol–water partition coefficient (Wildman–Crippen LogP) is 14.3. The molecule has 8 rings (SSSR count). The van der Waals surface area contributed by atoms with Gasteiger partial charge < -0.3 is 10.1 Å². The second kappa shape index (κ2) is 22.0. The van der Waals surface area contributed by atoms with Crippen LogP contribution in [0.5, 0.6) is 5.75 Å². The third-order valence-electron chi connectivity index (χ3n) is 11.9. The summed E-state index contributed by atoms with van der Waals surface area (Å²) < 4.78 is 7.16. The molecule has 0 aliphatic rings. The molecule has 344 valence electrons. The van der Waals surface area contributed by atoms with Crippen molar-refractivity contribution in [2.75, 3.05) is 0 Å². The van der Waals surface area contributed by atoms with Crippen LogP contribution in [0.25, 0.3) is 22.3 Å². The number of hydrogen-bond donors (Lipinski definition) is 1. The van der Waals surface area contributed by atoms with Crippen molar-refractivity contribution in [3.05, 3.63) is 220 Å². The molecule has 0 atom stereocenters. The number of rotatable bonds is 8. The first-order valence-electron chi connectivity index (χ1n) is 23.3. The Morgan fingerprint density at radius 1 is 0.463 bits per heavy atom. The number of phenols is 1. The van der Waals surface area contributed by atoms with Crippen LogP contribution in [-0.4, -0.2) is 15.0 Å². The molecular formula is C62H69MoN2OP. The van der Waals surface area contributed by atoms with Crippen molar-refractivity contribution in [2.45, 2.75) is 101 Å². The first-order chi connectivity index (χ1) is 31.8. The van der Waals surface area contributed by atoms with Gasteiger partial charge in [0.15, 0.2) is 0 Å². The zero-order valence-corrected chi connectivity index (χ0v) is 44.8. The van der Waals surface area contributed by atoms with Crippen LogP contribution in [0, 0.1) is 55.4 Å². The molecule has 1 heterocycles. The Bertz CT molecular complexity index is 2740. The Kier molecular flexibility index (Phi) is 16.7. The van der Waals surface area contributed by atoms with Crippen LogP contribution in [0.3, 0.4) is 0 Å². The van der Waals surface area contributed by atoms with E-state index >= 15 is 0 Å². The van der Waals surface area contributed by atoms with Gasteiger partial charge in [0, 0.05) is 11.1 Å². The predicted molar refractivity (Wildman–Crippen MR) is 289 cm³/mol. The average molecular weight is 985 g/mol. The number of hydrogen-bond acceptors (Lipinski definition) is 2. The molecule has 8 aromatic rings. The zero-order valence-electron chi connectivity index (χ0n) is 41.9. The minimum Gasteiger partial charge on any atom is -0.665 e. The summed E-state index contributed by atoms with van der Waals surface area (Å²) >= 11 is -0.361. The molecule has 0 bridgehead atoms. The number of benzene rings is 7. The van der Waals surface area contributed by atoms with E-state index in [0.29, 0.717) is 5.75 Å². The molecule has 1 aromatic heterocycles. The molecule has 67 heavy (non-hydrogen) atoms. The Balaban J connectivity index is 0.000000263. The van der Waals surface area contributed by atoms with Crippen molar-refractivity contribution < 1.29 is 23.0 Å². The summed E-state index contributed by atoms with van der Waals surface area (Å²) in [7, 11) is -2.41. The first-order valence-corrected chi connectivity index (χ1v) is 27.1. The van der Waals surface area contributed by atoms with Crippen molar-refractivity contribution in [3.8, 4) is 28.0 Å². The number of nitrogens with zero attached hydrogens (tertiary/aromatic N) is 2. The van der Waals surface area contributed by atoms with E-state index in [1.165, 1.54) is 60.2 Å². The van der Waals surface area contributed by atoms with Gasteiger partial charge in [-0.05, 0) is 123 Å². The average Bonchev–Trinajstić information content (AvgIpc) is 3.67. The monoisotopic (exact) mass is 986 g/mol. The van der Waals surface area contributed by atoms with Gasteiger partial charge >= 0.3 is 107 Å². The maximum Gasteiger partial charge on any atom is 0.144 e. The fraction of sp³-hybridized carbons (Fsp3) is 0.242. The van der Waals surface area contributed by atoms with E-state index < -0.39 is 7.26 Å². The molecule has 0 aliphatic heterocycles. The normalized spacial score (nSPS) is 11.4. The number of aromatic hydroxyl groups is 1. The standard InChI is InChI=1S/C42H39OP.C10H12.C6H8N.C4H9N.Mo/c1-28-22-30(3)40(31(4)23-28)38-26-37(27-39(42(38)43)41-32(5)24-29(2)25-33(41)6)44(34-16-10-7-11-17-34,35-18-12-8-13-19-35)36-20-14-9-15-21-36;1-10(2,3)9-7-5-4-6-8-9;1-5-3-4-6(2)7-5;1-4(2,3)5;/h7-27H,1-6H3;1,4-8H,2-3H3;3-4H,1-2H3;1-3H3;/q;;-1;;/p+1. The molecule has 0 saturated carbocycles. The Hall–Kier alpha value is -5.59. The van der Waals surface area contributed by atoms with Crippen molar-refractivity contribution in [2.24, 2.45) is 3.50 Å². The summed E-state index contributed by atoms with van der Waals surface area (Å²) in [6, 6.07) is 61.1. The Morgan fingerprint density at radius 3 is 1.12 bits per heavy atom. The second-order valence-corrected chi connectivity index (χ2v) is 24.4. The quantitative estimate of drug-likeness (QED) is 0.122. The molecule has 0 fully saturated rings.